The van der Waals surface area contributed by atoms with Crippen LogP contribution in [0.25, 0.3) is 6.08 Å². The lowest BCUT2D eigenvalue weighted by Crippen LogP contribution is -2.55. The summed E-state index contributed by atoms with van der Waals surface area (Å²) in [6.07, 6.45) is 3.51. The van der Waals surface area contributed by atoms with Crippen LogP contribution in [0.5, 0.6) is 0 Å². The van der Waals surface area contributed by atoms with E-state index in [0.717, 1.165) is 0 Å². The summed E-state index contributed by atoms with van der Waals surface area (Å²) in [5.74, 6) is -0.346. The Morgan fingerprint density at radius 2 is 1.86 bits per heavy atom. The van der Waals surface area contributed by atoms with Crippen molar-refractivity contribution in [1.29, 1.82) is 0 Å². The highest BCUT2D eigenvalue weighted by molar-refractivity contribution is 5.92. The van der Waals surface area contributed by atoms with E-state index in [0.29, 0.717) is 18.4 Å². The number of hydrogen-bond donors (Lipinski definition) is 2. The molecule has 2 amide bonds. The zero-order chi connectivity index (χ0) is 21.4. The van der Waals surface area contributed by atoms with Crippen LogP contribution in [-0.2, 0) is 9.53 Å². The molecule has 1 rings (SSSR count). The minimum absolute atomic E-state index is 0.0411. The standard InChI is InChI=1S/C20H29N3O5/c1-6-20(7-2,14-21-18(25)28-19(3,4)5)22-17(24)12-11-15-9-8-10-16(13-15)23(26)27/h8-13H,6-7,14H2,1-5H3,(H,21,25)(H,22,24)/b12-11+. The van der Waals surface area contributed by atoms with Crippen molar-refractivity contribution < 1.29 is 19.2 Å². The van der Waals surface area contributed by atoms with Crippen LogP contribution in [0, 0.1) is 10.1 Å². The van der Waals surface area contributed by atoms with Crippen molar-refractivity contribution in [3.8, 4) is 0 Å². The first-order chi connectivity index (χ1) is 13.0. The summed E-state index contributed by atoms with van der Waals surface area (Å²) < 4.78 is 5.23. The summed E-state index contributed by atoms with van der Waals surface area (Å²) in [6, 6.07) is 6.01. The number of hydrogen-bond acceptors (Lipinski definition) is 5. The lowest BCUT2D eigenvalue weighted by Gasteiger charge is -2.33. The van der Waals surface area contributed by atoms with Crippen molar-refractivity contribution in [2.75, 3.05) is 6.54 Å². The van der Waals surface area contributed by atoms with E-state index in [1.807, 2.05) is 13.8 Å². The molecule has 0 aliphatic carbocycles. The summed E-state index contributed by atoms with van der Waals surface area (Å²) in [4.78, 5) is 34.6. The summed E-state index contributed by atoms with van der Waals surface area (Å²) in [6.45, 7) is 9.40. The number of nitrogens with zero attached hydrogens (tertiary/aromatic N) is 1. The number of nitro benzene ring substituents is 1. The molecule has 2 N–H and O–H groups in total. The highest BCUT2D eigenvalue weighted by Gasteiger charge is 2.29. The lowest BCUT2D eigenvalue weighted by atomic mass is 9.92. The van der Waals surface area contributed by atoms with Crippen LogP contribution in [-0.4, -0.2) is 34.6 Å². The molecule has 0 unspecified atom stereocenters. The molecule has 154 valence electrons. The molecule has 0 fully saturated rings. The number of nitrogens with one attached hydrogen (secondary N) is 2. The average Bonchev–Trinajstić information content (AvgIpc) is 2.62. The van der Waals surface area contributed by atoms with Gasteiger partial charge in [-0.2, -0.15) is 0 Å². The topological polar surface area (TPSA) is 111 Å². The Morgan fingerprint density at radius 1 is 1.21 bits per heavy atom. The predicted molar refractivity (Wildman–Crippen MR) is 108 cm³/mol. The monoisotopic (exact) mass is 391 g/mol. The maximum Gasteiger partial charge on any atom is 0.407 e. The van der Waals surface area contributed by atoms with Crippen LogP contribution in [0.4, 0.5) is 10.5 Å². The largest absolute Gasteiger partial charge is 0.444 e. The van der Waals surface area contributed by atoms with Gasteiger partial charge in [0.05, 0.1) is 10.5 Å². The van der Waals surface area contributed by atoms with Crippen molar-refractivity contribution in [3.05, 3.63) is 46.0 Å². The normalized spacial score (nSPS) is 11.9. The van der Waals surface area contributed by atoms with Crippen molar-refractivity contribution in [1.82, 2.24) is 10.6 Å². The van der Waals surface area contributed by atoms with Crippen LogP contribution < -0.4 is 10.6 Å². The number of carbonyl (C=O) groups is 2. The van der Waals surface area contributed by atoms with Gasteiger partial charge in [0.15, 0.2) is 0 Å². The van der Waals surface area contributed by atoms with Gasteiger partial charge in [0, 0.05) is 24.8 Å². The first-order valence-corrected chi connectivity index (χ1v) is 9.22. The highest BCUT2D eigenvalue weighted by Crippen LogP contribution is 2.16. The Bertz CT molecular complexity index is 734. The van der Waals surface area contributed by atoms with Crippen LogP contribution in [0.1, 0.15) is 53.0 Å². The third-order valence-electron chi connectivity index (χ3n) is 4.22. The molecule has 0 aromatic heterocycles. The Labute approximate surface area is 165 Å². The minimum atomic E-state index is -0.624. The Morgan fingerprint density at radius 3 is 2.39 bits per heavy atom. The number of amides is 2. The van der Waals surface area contributed by atoms with Gasteiger partial charge in [-0.3, -0.25) is 14.9 Å². The molecule has 0 saturated carbocycles. The average molecular weight is 391 g/mol. The molecule has 8 nitrogen and oxygen atoms in total. The smallest absolute Gasteiger partial charge is 0.407 e. The first-order valence-electron chi connectivity index (χ1n) is 9.22. The fourth-order valence-corrected chi connectivity index (χ4v) is 2.49. The second-order valence-corrected chi connectivity index (χ2v) is 7.52. The fraction of sp³-hybridized carbons (Fsp3) is 0.500. The van der Waals surface area contributed by atoms with Gasteiger partial charge in [-0.05, 0) is 45.3 Å². The van der Waals surface area contributed by atoms with Crippen LogP contribution >= 0.6 is 0 Å². The number of non-ortho nitro benzene ring substituents is 1. The van der Waals surface area contributed by atoms with Crippen molar-refractivity contribution >= 4 is 23.8 Å². The van der Waals surface area contributed by atoms with E-state index in [4.69, 9.17) is 4.74 Å². The molecule has 1 aromatic carbocycles. The van der Waals surface area contributed by atoms with Gasteiger partial charge in [0.2, 0.25) is 5.91 Å². The third kappa shape index (κ3) is 7.77. The number of alkyl carbamates (subject to hydrolysis) is 1. The molecular formula is C20H29N3O5. The van der Waals surface area contributed by atoms with Crippen LogP contribution in [0.3, 0.4) is 0 Å². The van der Waals surface area contributed by atoms with E-state index in [2.05, 4.69) is 10.6 Å². The highest BCUT2D eigenvalue weighted by atomic mass is 16.6. The predicted octanol–water partition coefficient (Wildman–Crippen LogP) is 3.81. The summed E-state index contributed by atoms with van der Waals surface area (Å²) in [5, 5.41) is 16.5. The fourth-order valence-electron chi connectivity index (χ4n) is 2.49. The molecule has 8 heteroatoms. The second-order valence-electron chi connectivity index (χ2n) is 7.52. The molecule has 0 spiro atoms. The van der Waals surface area contributed by atoms with Gasteiger partial charge in [0.25, 0.3) is 5.69 Å². The van der Waals surface area contributed by atoms with E-state index in [-0.39, 0.29) is 18.1 Å². The van der Waals surface area contributed by atoms with Crippen molar-refractivity contribution in [2.24, 2.45) is 0 Å². The van der Waals surface area contributed by atoms with E-state index >= 15 is 0 Å². The molecule has 0 saturated heterocycles. The number of ether oxygens (including phenoxy) is 1. The number of rotatable bonds is 8. The molecule has 0 bridgehead atoms. The lowest BCUT2D eigenvalue weighted by molar-refractivity contribution is -0.384. The maximum atomic E-state index is 12.4. The maximum absolute atomic E-state index is 12.4. The van der Waals surface area contributed by atoms with Gasteiger partial charge in [0.1, 0.15) is 5.60 Å². The quantitative estimate of drug-likeness (QED) is 0.398. The molecule has 1 aromatic rings. The molecular weight excluding hydrogens is 362 g/mol. The summed E-state index contributed by atoms with van der Waals surface area (Å²) in [7, 11) is 0. The number of benzene rings is 1. The van der Waals surface area contributed by atoms with Gasteiger partial charge in [-0.15, -0.1) is 0 Å². The Kier molecular flexibility index (Phi) is 8.16. The minimum Gasteiger partial charge on any atom is -0.444 e. The third-order valence-corrected chi connectivity index (χ3v) is 4.22. The Balaban J connectivity index is 2.76. The van der Waals surface area contributed by atoms with Crippen LogP contribution in [0.15, 0.2) is 30.3 Å². The second kappa shape index (κ2) is 9.87. The molecule has 0 heterocycles. The first kappa shape index (κ1) is 23.1. The molecule has 0 atom stereocenters. The van der Waals surface area contributed by atoms with Crippen LogP contribution in [0.2, 0.25) is 0 Å². The molecule has 0 radical (unpaired) electrons. The van der Waals surface area contributed by atoms with E-state index < -0.39 is 22.2 Å². The summed E-state index contributed by atoms with van der Waals surface area (Å²) in [5.41, 5.74) is -0.716. The van der Waals surface area contributed by atoms with Gasteiger partial charge < -0.3 is 15.4 Å². The van der Waals surface area contributed by atoms with Gasteiger partial charge in [-0.1, -0.05) is 26.0 Å². The number of carbonyl (C=O) groups excluding carboxylic acids is 2. The zero-order valence-electron chi connectivity index (χ0n) is 17.1. The Hall–Kier alpha value is -2.90. The van der Waals surface area contributed by atoms with Crippen molar-refractivity contribution in [2.45, 2.75) is 58.6 Å². The molecule has 0 aliphatic heterocycles. The summed E-state index contributed by atoms with van der Waals surface area (Å²) >= 11 is 0. The van der Waals surface area contributed by atoms with E-state index in [9.17, 15) is 19.7 Å². The molecule has 28 heavy (non-hydrogen) atoms. The van der Waals surface area contributed by atoms with Gasteiger partial charge in [-0.25, -0.2) is 4.79 Å². The number of nitro groups is 1. The van der Waals surface area contributed by atoms with Gasteiger partial charge >= 0.3 is 6.09 Å². The van der Waals surface area contributed by atoms with E-state index in [1.54, 1.807) is 32.9 Å². The SMILES string of the molecule is CCC(CC)(CNC(=O)OC(C)(C)C)NC(=O)/C=C/c1cccc([N+](=O)[O-])c1. The molecule has 0 aliphatic rings. The van der Waals surface area contributed by atoms with Crippen molar-refractivity contribution in [3.63, 3.8) is 0 Å². The zero-order valence-corrected chi connectivity index (χ0v) is 17.1. The van der Waals surface area contributed by atoms with E-state index in [1.165, 1.54) is 24.3 Å².